The van der Waals surface area contributed by atoms with Gasteiger partial charge in [0.05, 0.1) is 17.1 Å². The lowest BCUT2D eigenvalue weighted by Gasteiger charge is -2.10. The number of unbranched alkanes of at least 4 members (excludes halogenated alkanes) is 2. The Hall–Kier alpha value is -0.590. The van der Waals surface area contributed by atoms with E-state index in [0.29, 0.717) is 16.6 Å². The first-order valence-corrected chi connectivity index (χ1v) is 9.29. The Balaban J connectivity index is 3.01. The minimum absolute atomic E-state index is 0.0888. The number of halogens is 2. The number of hydrogen-bond acceptors (Lipinski definition) is 4. The van der Waals surface area contributed by atoms with Crippen LogP contribution in [-0.4, -0.2) is 21.0 Å². The van der Waals surface area contributed by atoms with Gasteiger partial charge in [-0.15, -0.1) is 0 Å². The Labute approximate surface area is 132 Å². The van der Waals surface area contributed by atoms with Gasteiger partial charge in [-0.2, -0.15) is 0 Å². The topological polar surface area (TPSA) is 60.4 Å². The summed E-state index contributed by atoms with van der Waals surface area (Å²) in [6.07, 6.45) is 2.80. The van der Waals surface area contributed by atoms with Crippen molar-refractivity contribution in [1.29, 1.82) is 0 Å². The van der Waals surface area contributed by atoms with Gasteiger partial charge in [-0.3, -0.25) is 0 Å². The summed E-state index contributed by atoms with van der Waals surface area (Å²) in [5, 5.41) is 0. The molecule has 1 aromatic carbocycles. The smallest absolute Gasteiger partial charge is 0.338 e. The Morgan fingerprint density at radius 2 is 2.00 bits per heavy atom. The third kappa shape index (κ3) is 4.75. The van der Waals surface area contributed by atoms with E-state index in [4.69, 9.17) is 15.4 Å². The summed E-state index contributed by atoms with van der Waals surface area (Å²) in [7, 11) is 1.45. The van der Waals surface area contributed by atoms with E-state index in [2.05, 4.69) is 22.9 Å². The lowest BCUT2D eigenvalue weighted by atomic mass is 10.1. The minimum Gasteiger partial charge on any atom is -0.462 e. The van der Waals surface area contributed by atoms with Crippen LogP contribution >= 0.6 is 26.6 Å². The number of esters is 1. The maximum atomic E-state index is 12.0. The highest BCUT2D eigenvalue weighted by Gasteiger charge is 2.21. The number of benzene rings is 1. The normalized spacial score (nSPS) is 11.4. The highest BCUT2D eigenvalue weighted by Crippen LogP contribution is 2.27. The predicted octanol–water partition coefficient (Wildman–Crippen LogP) is 4.03. The van der Waals surface area contributed by atoms with Crippen LogP contribution < -0.4 is 0 Å². The third-order valence-corrected chi connectivity index (χ3v) is 4.69. The molecule has 1 rings (SSSR count). The third-order valence-electron chi connectivity index (χ3n) is 2.79. The Morgan fingerprint density at radius 3 is 2.55 bits per heavy atom. The van der Waals surface area contributed by atoms with Gasteiger partial charge in [-0.25, -0.2) is 13.2 Å². The van der Waals surface area contributed by atoms with Gasteiger partial charge in [-0.1, -0.05) is 35.7 Å². The van der Waals surface area contributed by atoms with Crippen molar-refractivity contribution in [1.82, 2.24) is 0 Å². The molecule has 0 spiro atoms. The number of carbonyl (C=O) groups excluding carboxylic acids is 1. The molecule has 0 fully saturated rings. The fourth-order valence-electron chi connectivity index (χ4n) is 1.71. The van der Waals surface area contributed by atoms with Crippen LogP contribution in [0.5, 0.6) is 0 Å². The van der Waals surface area contributed by atoms with Crippen LogP contribution in [0.25, 0.3) is 0 Å². The van der Waals surface area contributed by atoms with E-state index >= 15 is 0 Å². The van der Waals surface area contributed by atoms with Crippen molar-refractivity contribution < 1.29 is 17.9 Å². The number of rotatable bonds is 6. The summed E-state index contributed by atoms with van der Waals surface area (Å²) in [5.41, 5.74) is 0.499. The van der Waals surface area contributed by atoms with Gasteiger partial charge in [-0.05, 0) is 31.0 Å². The van der Waals surface area contributed by atoms with E-state index in [0.717, 1.165) is 19.3 Å². The average Bonchev–Trinajstić information content (AvgIpc) is 2.35. The summed E-state index contributed by atoms with van der Waals surface area (Å²) in [4.78, 5) is 11.9. The monoisotopic (exact) mass is 382 g/mol. The van der Waals surface area contributed by atoms with E-state index < -0.39 is 15.0 Å². The summed E-state index contributed by atoms with van der Waals surface area (Å²) in [6, 6.07) is 2.90. The molecule has 0 unspecified atom stereocenters. The van der Waals surface area contributed by atoms with E-state index in [9.17, 15) is 13.2 Å². The molecule has 1 aromatic rings. The second-order valence-electron chi connectivity index (χ2n) is 4.36. The fraction of sp³-hybridized carbons (Fsp3) is 0.462. The molecule has 0 radical (unpaired) electrons. The highest BCUT2D eigenvalue weighted by molar-refractivity contribution is 9.10. The van der Waals surface area contributed by atoms with Crippen LogP contribution in [0.4, 0.5) is 0 Å². The molecule has 0 aliphatic heterocycles. The summed E-state index contributed by atoms with van der Waals surface area (Å²) in [5.74, 6) is -0.540. The Kier molecular flexibility index (Phi) is 6.48. The molecule has 0 atom stereocenters. The Morgan fingerprint density at radius 1 is 1.35 bits per heavy atom. The molecule has 0 heterocycles. The standard InChI is InChI=1S/C13H16BrClO4S/c1-3-4-5-6-19-13(16)11-7-10(14)8-12(9(11)2)20(15,17)18/h7-8H,3-6H2,1-2H3. The zero-order chi connectivity index (χ0) is 15.3. The molecule has 0 N–H and O–H groups in total. The van der Waals surface area contributed by atoms with Gasteiger partial charge >= 0.3 is 5.97 Å². The molecule has 0 amide bonds. The number of ether oxygens (including phenoxy) is 1. The molecule has 4 nitrogen and oxygen atoms in total. The van der Waals surface area contributed by atoms with E-state index in [1.807, 2.05) is 0 Å². The largest absolute Gasteiger partial charge is 0.462 e. The lowest BCUT2D eigenvalue weighted by molar-refractivity contribution is 0.0497. The molecule has 7 heteroatoms. The lowest BCUT2D eigenvalue weighted by Crippen LogP contribution is -2.10. The van der Waals surface area contributed by atoms with Crippen molar-refractivity contribution in [3.05, 3.63) is 27.7 Å². The van der Waals surface area contributed by atoms with Crippen molar-refractivity contribution in [2.45, 2.75) is 38.0 Å². The van der Waals surface area contributed by atoms with Crippen LogP contribution in [0.2, 0.25) is 0 Å². The molecule has 0 aliphatic carbocycles. The molecular formula is C13H16BrClO4S. The molecule has 0 saturated heterocycles. The zero-order valence-electron chi connectivity index (χ0n) is 11.3. The number of carbonyl (C=O) groups is 1. The quantitative estimate of drug-likeness (QED) is 0.423. The van der Waals surface area contributed by atoms with Crippen LogP contribution in [0.15, 0.2) is 21.5 Å². The minimum atomic E-state index is -3.91. The summed E-state index contributed by atoms with van der Waals surface area (Å²) >= 11 is 3.17. The first kappa shape index (κ1) is 17.5. The first-order chi connectivity index (χ1) is 9.27. The van der Waals surface area contributed by atoms with Crippen molar-refractivity contribution in [2.75, 3.05) is 6.61 Å². The van der Waals surface area contributed by atoms with Gasteiger partial charge in [0.15, 0.2) is 0 Å². The first-order valence-electron chi connectivity index (χ1n) is 6.19. The Bertz CT molecular complexity index is 599. The van der Waals surface area contributed by atoms with Crippen molar-refractivity contribution in [3.63, 3.8) is 0 Å². The van der Waals surface area contributed by atoms with Crippen LogP contribution in [0.1, 0.15) is 42.1 Å². The van der Waals surface area contributed by atoms with Gasteiger partial charge in [0.25, 0.3) is 9.05 Å². The van der Waals surface area contributed by atoms with Crippen LogP contribution in [0, 0.1) is 6.92 Å². The maximum absolute atomic E-state index is 12.0. The van der Waals surface area contributed by atoms with Gasteiger partial charge in [0.2, 0.25) is 0 Å². The molecule has 112 valence electrons. The molecular weight excluding hydrogens is 368 g/mol. The van der Waals surface area contributed by atoms with Crippen LogP contribution in [-0.2, 0) is 13.8 Å². The number of hydrogen-bond donors (Lipinski definition) is 0. The fourth-order valence-corrected chi connectivity index (χ4v) is 3.55. The summed E-state index contributed by atoms with van der Waals surface area (Å²) < 4.78 is 28.5. The molecule has 0 saturated carbocycles. The second kappa shape index (κ2) is 7.43. The van der Waals surface area contributed by atoms with Crippen molar-refractivity contribution in [3.8, 4) is 0 Å². The van der Waals surface area contributed by atoms with Crippen LogP contribution in [0.3, 0.4) is 0 Å². The highest BCUT2D eigenvalue weighted by atomic mass is 79.9. The second-order valence-corrected chi connectivity index (χ2v) is 7.81. The SMILES string of the molecule is CCCCCOC(=O)c1cc(Br)cc(S(=O)(=O)Cl)c1C. The molecule has 0 bridgehead atoms. The zero-order valence-corrected chi connectivity index (χ0v) is 14.4. The van der Waals surface area contributed by atoms with Crippen molar-refractivity contribution in [2.24, 2.45) is 0 Å². The average molecular weight is 384 g/mol. The van der Waals surface area contributed by atoms with E-state index in [-0.39, 0.29) is 10.5 Å². The maximum Gasteiger partial charge on any atom is 0.338 e. The molecule has 0 aromatic heterocycles. The van der Waals surface area contributed by atoms with E-state index in [1.165, 1.54) is 19.1 Å². The molecule has 20 heavy (non-hydrogen) atoms. The summed E-state index contributed by atoms with van der Waals surface area (Å²) in [6.45, 7) is 3.91. The van der Waals surface area contributed by atoms with Gasteiger partial charge in [0.1, 0.15) is 0 Å². The van der Waals surface area contributed by atoms with Gasteiger partial charge in [0, 0.05) is 15.2 Å². The van der Waals surface area contributed by atoms with Gasteiger partial charge < -0.3 is 4.74 Å². The van der Waals surface area contributed by atoms with E-state index in [1.54, 1.807) is 0 Å². The molecule has 0 aliphatic rings. The predicted molar refractivity (Wildman–Crippen MR) is 81.7 cm³/mol. The van der Waals surface area contributed by atoms with Crippen molar-refractivity contribution >= 4 is 41.6 Å².